The van der Waals surface area contributed by atoms with Gasteiger partial charge in [-0.1, -0.05) is 0 Å². The van der Waals surface area contributed by atoms with Crippen molar-refractivity contribution in [1.29, 1.82) is 5.26 Å². The summed E-state index contributed by atoms with van der Waals surface area (Å²) >= 11 is 1.16. The van der Waals surface area contributed by atoms with Gasteiger partial charge >= 0.3 is 5.97 Å². The Bertz CT molecular complexity index is 687. The molecule has 2 aromatic rings. The van der Waals surface area contributed by atoms with Crippen LogP contribution in [0.15, 0.2) is 29.6 Å². The molecule has 1 aromatic heterocycles. The van der Waals surface area contributed by atoms with E-state index in [1.807, 2.05) is 13.0 Å². The minimum absolute atomic E-state index is 0.136. The summed E-state index contributed by atoms with van der Waals surface area (Å²) in [5.74, 6) is -0.00416. The van der Waals surface area contributed by atoms with Gasteiger partial charge in [-0.25, -0.2) is 4.79 Å². The van der Waals surface area contributed by atoms with Gasteiger partial charge in [0.05, 0.1) is 18.2 Å². The van der Waals surface area contributed by atoms with Crippen LogP contribution in [-0.4, -0.2) is 17.7 Å². The molecule has 0 amide bonds. The number of ether oxygens (including phenoxy) is 2. The highest BCUT2D eigenvalue weighted by Gasteiger charge is 2.13. The van der Waals surface area contributed by atoms with E-state index >= 15 is 0 Å². The number of benzene rings is 1. The van der Waals surface area contributed by atoms with Crippen LogP contribution in [0.3, 0.4) is 0 Å². The maximum absolute atomic E-state index is 11.0. The Labute approximate surface area is 126 Å². The number of hydrogen-bond donors (Lipinski definition) is 1. The number of aromatic carboxylic acids is 1. The summed E-state index contributed by atoms with van der Waals surface area (Å²) in [5, 5.41) is 19.7. The van der Waals surface area contributed by atoms with Crippen molar-refractivity contribution in [1.82, 2.24) is 0 Å². The van der Waals surface area contributed by atoms with Crippen LogP contribution in [0.25, 0.3) is 0 Å². The molecular weight excluding hydrogens is 290 g/mol. The molecule has 1 aromatic carbocycles. The summed E-state index contributed by atoms with van der Waals surface area (Å²) in [7, 11) is 0. The number of carboxylic acids is 1. The molecule has 108 valence electrons. The van der Waals surface area contributed by atoms with Crippen LogP contribution >= 0.6 is 11.3 Å². The molecular formula is C15H13NO4S. The van der Waals surface area contributed by atoms with Gasteiger partial charge < -0.3 is 14.6 Å². The number of carboxylic acid groups (broad SMARTS) is 1. The Morgan fingerprint density at radius 1 is 1.33 bits per heavy atom. The van der Waals surface area contributed by atoms with Gasteiger partial charge in [0.1, 0.15) is 11.5 Å². The van der Waals surface area contributed by atoms with Gasteiger partial charge in [0.25, 0.3) is 0 Å². The molecule has 0 atom stereocenters. The SMILES string of the molecule is CCOc1cc(C#N)ccc1OCc1ccsc1C(=O)O. The van der Waals surface area contributed by atoms with Gasteiger partial charge in [-0.2, -0.15) is 5.26 Å². The molecule has 0 aliphatic heterocycles. The van der Waals surface area contributed by atoms with Crippen LogP contribution in [0.2, 0.25) is 0 Å². The fourth-order valence-corrected chi connectivity index (χ4v) is 2.51. The van der Waals surface area contributed by atoms with Crippen molar-refractivity contribution in [2.75, 3.05) is 6.61 Å². The van der Waals surface area contributed by atoms with Crippen molar-refractivity contribution in [2.45, 2.75) is 13.5 Å². The fraction of sp³-hybridized carbons (Fsp3) is 0.200. The second kappa shape index (κ2) is 6.77. The van der Waals surface area contributed by atoms with E-state index in [4.69, 9.17) is 19.8 Å². The molecule has 1 heterocycles. The smallest absolute Gasteiger partial charge is 0.346 e. The lowest BCUT2D eigenvalue weighted by atomic mass is 10.2. The first kappa shape index (κ1) is 14.9. The largest absolute Gasteiger partial charge is 0.490 e. The van der Waals surface area contributed by atoms with Crippen molar-refractivity contribution in [3.8, 4) is 17.6 Å². The van der Waals surface area contributed by atoms with Gasteiger partial charge in [0, 0.05) is 11.6 Å². The number of nitrogens with zero attached hydrogens (tertiary/aromatic N) is 1. The third-order valence-corrected chi connectivity index (χ3v) is 3.64. The van der Waals surface area contributed by atoms with E-state index in [1.54, 1.807) is 29.6 Å². The molecule has 0 aliphatic carbocycles. The molecule has 0 saturated carbocycles. The first-order chi connectivity index (χ1) is 10.2. The van der Waals surface area contributed by atoms with Gasteiger partial charge in [-0.05, 0) is 30.5 Å². The number of thiophene rings is 1. The Morgan fingerprint density at radius 3 is 2.81 bits per heavy atom. The molecule has 2 rings (SSSR count). The van der Waals surface area contributed by atoms with Crippen molar-refractivity contribution in [3.05, 3.63) is 45.6 Å². The summed E-state index contributed by atoms with van der Waals surface area (Å²) in [6, 6.07) is 8.63. The first-order valence-corrected chi connectivity index (χ1v) is 7.13. The van der Waals surface area contributed by atoms with E-state index in [0.717, 1.165) is 11.3 Å². The van der Waals surface area contributed by atoms with Gasteiger partial charge in [-0.15, -0.1) is 11.3 Å². The highest BCUT2D eigenvalue weighted by atomic mass is 32.1. The number of carbonyl (C=O) groups is 1. The summed E-state index contributed by atoms with van der Waals surface area (Å²) in [4.78, 5) is 11.3. The zero-order valence-corrected chi connectivity index (χ0v) is 12.1. The van der Waals surface area contributed by atoms with Crippen LogP contribution in [0.4, 0.5) is 0 Å². The van der Waals surface area contributed by atoms with Crippen LogP contribution in [0.5, 0.6) is 11.5 Å². The van der Waals surface area contributed by atoms with Crippen LogP contribution in [0, 0.1) is 11.3 Å². The van der Waals surface area contributed by atoms with Crippen molar-refractivity contribution >= 4 is 17.3 Å². The van der Waals surface area contributed by atoms with Crippen LogP contribution in [-0.2, 0) is 6.61 Å². The fourth-order valence-electron chi connectivity index (χ4n) is 1.76. The second-order valence-electron chi connectivity index (χ2n) is 4.08. The Morgan fingerprint density at radius 2 is 2.14 bits per heavy atom. The molecule has 0 radical (unpaired) electrons. The van der Waals surface area contributed by atoms with Crippen LogP contribution < -0.4 is 9.47 Å². The average molecular weight is 303 g/mol. The third-order valence-electron chi connectivity index (χ3n) is 2.70. The Kier molecular flexibility index (Phi) is 4.80. The third kappa shape index (κ3) is 3.52. The average Bonchev–Trinajstić information content (AvgIpc) is 2.95. The molecule has 0 unspecified atom stereocenters. The molecule has 0 aliphatic rings. The lowest BCUT2D eigenvalue weighted by molar-refractivity contribution is 0.0699. The molecule has 21 heavy (non-hydrogen) atoms. The maximum Gasteiger partial charge on any atom is 0.346 e. The highest BCUT2D eigenvalue weighted by molar-refractivity contribution is 7.12. The van der Waals surface area contributed by atoms with Gasteiger partial charge in [-0.3, -0.25) is 0 Å². The molecule has 0 fully saturated rings. The van der Waals surface area contributed by atoms with Crippen molar-refractivity contribution < 1.29 is 19.4 Å². The van der Waals surface area contributed by atoms with Gasteiger partial charge in [0.2, 0.25) is 0 Å². The van der Waals surface area contributed by atoms with E-state index in [2.05, 4.69) is 0 Å². The second-order valence-corrected chi connectivity index (χ2v) is 4.99. The summed E-state index contributed by atoms with van der Waals surface area (Å²) in [5.41, 5.74) is 1.09. The highest BCUT2D eigenvalue weighted by Crippen LogP contribution is 2.29. The Balaban J connectivity index is 2.18. The first-order valence-electron chi connectivity index (χ1n) is 6.25. The standard InChI is InChI=1S/C15H13NO4S/c1-2-19-13-7-10(8-16)3-4-12(13)20-9-11-5-6-21-14(11)15(17)18/h3-7H,2,9H2,1H3,(H,17,18). The number of nitriles is 1. The zero-order valence-electron chi connectivity index (χ0n) is 11.3. The molecule has 5 nitrogen and oxygen atoms in total. The molecule has 0 bridgehead atoms. The monoisotopic (exact) mass is 303 g/mol. The normalized spacial score (nSPS) is 9.90. The van der Waals surface area contributed by atoms with Gasteiger partial charge in [0.15, 0.2) is 11.5 Å². The van der Waals surface area contributed by atoms with Crippen molar-refractivity contribution in [2.24, 2.45) is 0 Å². The van der Waals surface area contributed by atoms with E-state index in [0.29, 0.717) is 29.2 Å². The predicted molar refractivity (Wildman–Crippen MR) is 77.9 cm³/mol. The minimum Gasteiger partial charge on any atom is -0.490 e. The molecule has 0 spiro atoms. The Hall–Kier alpha value is -2.52. The zero-order chi connectivity index (χ0) is 15.2. The summed E-state index contributed by atoms with van der Waals surface area (Å²) in [6.45, 7) is 2.42. The van der Waals surface area contributed by atoms with E-state index in [-0.39, 0.29) is 11.5 Å². The molecule has 1 N–H and O–H groups in total. The van der Waals surface area contributed by atoms with Crippen LogP contribution in [0.1, 0.15) is 27.7 Å². The summed E-state index contributed by atoms with van der Waals surface area (Å²) in [6.07, 6.45) is 0. The number of rotatable bonds is 6. The van der Waals surface area contributed by atoms with E-state index in [9.17, 15) is 4.79 Å². The topological polar surface area (TPSA) is 79.5 Å². The quantitative estimate of drug-likeness (QED) is 0.885. The lowest BCUT2D eigenvalue weighted by Crippen LogP contribution is -2.03. The number of hydrogen-bond acceptors (Lipinski definition) is 5. The lowest BCUT2D eigenvalue weighted by Gasteiger charge is -2.12. The molecule has 6 heteroatoms. The minimum atomic E-state index is -0.964. The van der Waals surface area contributed by atoms with E-state index < -0.39 is 5.97 Å². The van der Waals surface area contributed by atoms with Crippen molar-refractivity contribution in [3.63, 3.8) is 0 Å². The predicted octanol–water partition coefficient (Wildman–Crippen LogP) is 3.30. The summed E-state index contributed by atoms with van der Waals surface area (Å²) < 4.78 is 11.1. The maximum atomic E-state index is 11.0. The molecule has 0 saturated heterocycles. The van der Waals surface area contributed by atoms with E-state index in [1.165, 1.54) is 0 Å².